The lowest BCUT2D eigenvalue weighted by Crippen LogP contribution is -1.99. The summed E-state index contributed by atoms with van der Waals surface area (Å²) in [5, 5.41) is 8.93. The number of fused-ring (bicyclic) bond motifs is 1. The van der Waals surface area contributed by atoms with Gasteiger partial charge in [-0.05, 0) is 12.1 Å². The Morgan fingerprint density at radius 2 is 2.33 bits per heavy atom. The van der Waals surface area contributed by atoms with Gasteiger partial charge >= 0.3 is 5.97 Å². The van der Waals surface area contributed by atoms with Crippen molar-refractivity contribution in [2.75, 3.05) is 0 Å². The number of pyridine rings is 1. The van der Waals surface area contributed by atoms with Crippen molar-refractivity contribution < 1.29 is 9.90 Å². The summed E-state index contributed by atoms with van der Waals surface area (Å²) in [6, 6.07) is 3.55. The van der Waals surface area contributed by atoms with Crippen molar-refractivity contribution in [3.63, 3.8) is 0 Å². The number of carboxylic acid groups (broad SMARTS) is 1. The van der Waals surface area contributed by atoms with Gasteiger partial charge in [0.25, 0.3) is 0 Å². The number of hydrogen-bond donors (Lipinski definition) is 1. The number of alkyl halides is 1. The maximum atomic E-state index is 10.9. The number of carbonyl (C=O) groups is 1. The third kappa shape index (κ3) is 1.67. The highest BCUT2D eigenvalue weighted by Gasteiger charge is 2.17. The standard InChI is InChI=1S/C11H7ClN4O2/c12-8-4-13-9(15-8)6-2-1-3-16-5-7(11(17)18)14-10(6)16/h1-5,8H,(H,17,18). The lowest BCUT2D eigenvalue weighted by molar-refractivity contribution is 0.0691. The van der Waals surface area contributed by atoms with Crippen LogP contribution in [0, 0.1) is 0 Å². The number of nitrogens with zero attached hydrogens (tertiary/aromatic N) is 4. The van der Waals surface area contributed by atoms with Crippen molar-refractivity contribution in [3.05, 3.63) is 35.8 Å². The van der Waals surface area contributed by atoms with E-state index in [9.17, 15) is 4.79 Å². The minimum Gasteiger partial charge on any atom is -0.476 e. The van der Waals surface area contributed by atoms with Gasteiger partial charge in [-0.2, -0.15) is 0 Å². The molecular weight excluding hydrogens is 256 g/mol. The van der Waals surface area contributed by atoms with E-state index in [1.807, 2.05) is 0 Å². The number of aliphatic imine (C=N–C) groups is 2. The molecule has 0 aromatic carbocycles. The van der Waals surface area contributed by atoms with Crippen molar-refractivity contribution in [1.82, 2.24) is 9.38 Å². The second-order valence-corrected chi connectivity index (χ2v) is 4.13. The molecule has 1 aliphatic rings. The first-order valence-corrected chi connectivity index (χ1v) is 5.56. The summed E-state index contributed by atoms with van der Waals surface area (Å²) in [4.78, 5) is 23.2. The molecular formula is C11H7ClN4O2. The highest BCUT2D eigenvalue weighted by molar-refractivity contribution is 6.31. The van der Waals surface area contributed by atoms with Crippen molar-refractivity contribution in [1.29, 1.82) is 0 Å². The first-order valence-electron chi connectivity index (χ1n) is 5.12. The van der Waals surface area contributed by atoms with Crippen LogP contribution in [0.25, 0.3) is 5.65 Å². The Balaban J connectivity index is 2.21. The molecule has 18 heavy (non-hydrogen) atoms. The molecule has 0 amide bonds. The molecule has 2 aromatic heterocycles. The normalized spacial score (nSPS) is 18.3. The lowest BCUT2D eigenvalue weighted by Gasteiger charge is -2.00. The summed E-state index contributed by atoms with van der Waals surface area (Å²) in [7, 11) is 0. The second kappa shape index (κ2) is 3.92. The zero-order valence-corrected chi connectivity index (χ0v) is 9.74. The Morgan fingerprint density at radius 1 is 1.50 bits per heavy atom. The fraction of sp³-hybridized carbons (Fsp3) is 0.0909. The van der Waals surface area contributed by atoms with Crippen molar-refractivity contribution in [3.8, 4) is 0 Å². The summed E-state index contributed by atoms with van der Waals surface area (Å²) < 4.78 is 1.62. The first kappa shape index (κ1) is 10.9. The number of hydrogen-bond acceptors (Lipinski definition) is 4. The van der Waals surface area contributed by atoms with Gasteiger partial charge in [0.1, 0.15) is 5.65 Å². The molecule has 0 spiro atoms. The van der Waals surface area contributed by atoms with Crippen molar-refractivity contribution >= 4 is 35.3 Å². The van der Waals surface area contributed by atoms with Gasteiger partial charge in [-0.15, -0.1) is 0 Å². The van der Waals surface area contributed by atoms with Gasteiger partial charge in [0.2, 0.25) is 0 Å². The van der Waals surface area contributed by atoms with Crippen LogP contribution in [0.4, 0.5) is 0 Å². The van der Waals surface area contributed by atoms with Crippen LogP contribution in [0.15, 0.2) is 34.5 Å². The van der Waals surface area contributed by atoms with Gasteiger partial charge in [-0.3, -0.25) is 0 Å². The molecule has 0 saturated carbocycles. The molecule has 90 valence electrons. The summed E-state index contributed by atoms with van der Waals surface area (Å²) in [6.45, 7) is 0. The van der Waals surface area contributed by atoms with E-state index in [0.717, 1.165) is 0 Å². The summed E-state index contributed by atoms with van der Waals surface area (Å²) in [5.74, 6) is -0.611. The SMILES string of the molecule is O=C(O)c1cn2cccc(C3=NC(Cl)C=N3)c2n1. The maximum absolute atomic E-state index is 10.9. The van der Waals surface area contributed by atoms with Gasteiger partial charge in [0, 0.05) is 18.6 Å². The molecule has 0 radical (unpaired) electrons. The topological polar surface area (TPSA) is 79.3 Å². The second-order valence-electron chi connectivity index (χ2n) is 3.69. The Kier molecular flexibility index (Phi) is 2.38. The number of aromatic carboxylic acids is 1. The van der Waals surface area contributed by atoms with Crippen LogP contribution in [-0.4, -0.2) is 38.0 Å². The fourth-order valence-electron chi connectivity index (χ4n) is 1.75. The molecule has 3 rings (SSSR count). The Morgan fingerprint density at radius 3 is 3.00 bits per heavy atom. The van der Waals surface area contributed by atoms with Crippen LogP contribution in [0.3, 0.4) is 0 Å². The zero-order chi connectivity index (χ0) is 12.7. The van der Waals surface area contributed by atoms with Crippen LogP contribution in [0.5, 0.6) is 0 Å². The van der Waals surface area contributed by atoms with Crippen LogP contribution in [-0.2, 0) is 0 Å². The predicted molar refractivity (Wildman–Crippen MR) is 66.8 cm³/mol. The smallest absolute Gasteiger partial charge is 0.356 e. The number of amidine groups is 1. The van der Waals surface area contributed by atoms with E-state index in [-0.39, 0.29) is 5.69 Å². The summed E-state index contributed by atoms with van der Waals surface area (Å²) >= 11 is 5.81. The van der Waals surface area contributed by atoms with Crippen LogP contribution in [0.1, 0.15) is 16.1 Å². The van der Waals surface area contributed by atoms with Crippen molar-refractivity contribution in [2.24, 2.45) is 9.98 Å². The van der Waals surface area contributed by atoms with E-state index in [4.69, 9.17) is 16.7 Å². The van der Waals surface area contributed by atoms with Gasteiger partial charge < -0.3 is 9.51 Å². The Bertz CT molecular complexity index is 704. The third-order valence-corrected chi connectivity index (χ3v) is 2.72. The Hall–Kier alpha value is -2.21. The first-order chi connectivity index (χ1) is 8.65. The molecule has 1 aliphatic heterocycles. The predicted octanol–water partition coefficient (Wildman–Crippen LogP) is 1.43. The molecule has 1 unspecified atom stereocenters. The average Bonchev–Trinajstić information content (AvgIpc) is 2.94. The quantitative estimate of drug-likeness (QED) is 0.657. The molecule has 0 saturated heterocycles. The minimum atomic E-state index is -1.07. The van der Waals surface area contributed by atoms with E-state index in [1.165, 1.54) is 12.4 Å². The molecule has 0 fully saturated rings. The number of halogens is 1. The van der Waals surface area contributed by atoms with Crippen LogP contribution < -0.4 is 0 Å². The largest absolute Gasteiger partial charge is 0.476 e. The highest BCUT2D eigenvalue weighted by atomic mass is 35.5. The van der Waals surface area contributed by atoms with E-state index < -0.39 is 11.5 Å². The summed E-state index contributed by atoms with van der Waals surface area (Å²) in [5.41, 5.74) is 0.655. The minimum absolute atomic E-state index is 0.0209. The lowest BCUT2D eigenvalue weighted by atomic mass is 10.2. The van der Waals surface area contributed by atoms with E-state index in [2.05, 4.69) is 15.0 Å². The fourth-order valence-corrected chi connectivity index (χ4v) is 1.89. The number of rotatable bonds is 2. The average molecular weight is 263 g/mol. The molecule has 3 heterocycles. The molecule has 1 N–H and O–H groups in total. The van der Waals surface area contributed by atoms with Crippen molar-refractivity contribution in [2.45, 2.75) is 5.50 Å². The van der Waals surface area contributed by atoms with Gasteiger partial charge in [-0.1, -0.05) is 11.6 Å². The Labute approximate surface area is 106 Å². The van der Waals surface area contributed by atoms with Crippen LogP contribution >= 0.6 is 11.6 Å². The van der Waals surface area contributed by atoms with Gasteiger partial charge in [0.15, 0.2) is 17.0 Å². The molecule has 2 aromatic rings. The zero-order valence-electron chi connectivity index (χ0n) is 8.99. The monoisotopic (exact) mass is 262 g/mol. The van der Waals surface area contributed by atoms with Gasteiger partial charge in [0.05, 0.1) is 5.56 Å². The molecule has 6 nitrogen and oxygen atoms in total. The van der Waals surface area contributed by atoms with E-state index in [1.54, 1.807) is 22.7 Å². The maximum Gasteiger partial charge on any atom is 0.356 e. The number of carboxylic acids is 1. The van der Waals surface area contributed by atoms with Crippen LogP contribution in [0.2, 0.25) is 0 Å². The molecule has 0 bridgehead atoms. The third-order valence-electron chi connectivity index (χ3n) is 2.51. The molecule has 0 aliphatic carbocycles. The molecule has 1 atom stereocenters. The summed E-state index contributed by atoms with van der Waals surface area (Å²) in [6.07, 6.45) is 4.68. The number of aromatic nitrogens is 2. The van der Waals surface area contributed by atoms with Gasteiger partial charge in [-0.25, -0.2) is 19.8 Å². The van der Waals surface area contributed by atoms with E-state index >= 15 is 0 Å². The number of imidazole rings is 1. The van der Waals surface area contributed by atoms with E-state index in [0.29, 0.717) is 17.0 Å². The highest BCUT2D eigenvalue weighted by Crippen LogP contribution is 2.16. The molecule has 7 heteroatoms.